The van der Waals surface area contributed by atoms with E-state index in [0.717, 1.165) is 12.2 Å². The molecule has 1 aromatic heterocycles. The van der Waals surface area contributed by atoms with Gasteiger partial charge in [-0.3, -0.25) is 0 Å². The van der Waals surface area contributed by atoms with E-state index in [4.69, 9.17) is 13.3 Å². The Morgan fingerprint density at radius 3 is 1.95 bits per heavy atom. The zero-order valence-electron chi connectivity index (χ0n) is 12.7. The maximum Gasteiger partial charge on any atom is 0.512 e. The van der Waals surface area contributed by atoms with Gasteiger partial charge < -0.3 is 17.8 Å². The van der Waals surface area contributed by atoms with E-state index in [9.17, 15) is 0 Å². The first kappa shape index (κ1) is 16.4. The van der Waals surface area contributed by atoms with Crippen LogP contribution in [0.1, 0.15) is 45.5 Å². The lowest BCUT2D eigenvalue weighted by molar-refractivity contribution is 0.0600. The minimum Gasteiger partial charge on any atom is -0.373 e. The summed E-state index contributed by atoms with van der Waals surface area (Å²) in [6, 6.07) is 0. The molecule has 0 amide bonds. The fourth-order valence-corrected chi connectivity index (χ4v) is 5.49. The molecule has 0 saturated carbocycles. The Labute approximate surface area is 117 Å². The van der Waals surface area contributed by atoms with E-state index < -0.39 is 8.80 Å². The third-order valence-corrected chi connectivity index (χ3v) is 6.63. The van der Waals surface area contributed by atoms with Gasteiger partial charge in [-0.05, 0) is 27.2 Å². The summed E-state index contributed by atoms with van der Waals surface area (Å²) in [4.78, 5) is 4.46. The molecule has 1 atom stereocenters. The largest absolute Gasteiger partial charge is 0.512 e. The van der Waals surface area contributed by atoms with Crippen LogP contribution in [0.15, 0.2) is 12.4 Å². The molecule has 1 unspecified atom stereocenters. The second-order valence-corrected chi connectivity index (χ2v) is 7.03. The summed E-state index contributed by atoms with van der Waals surface area (Å²) in [5, 5.41) is 0. The fraction of sp³-hybridized carbons (Fsp3) is 0.769. The number of hydrogen-bond acceptors (Lipinski definition) is 4. The van der Waals surface area contributed by atoms with Crippen LogP contribution >= 0.6 is 0 Å². The first-order valence-corrected chi connectivity index (χ1v) is 8.84. The van der Waals surface area contributed by atoms with Crippen molar-refractivity contribution in [3.05, 3.63) is 18.2 Å². The molecule has 0 N–H and O–H groups in total. The zero-order chi connectivity index (χ0) is 14.3. The Balaban J connectivity index is 3.14. The van der Waals surface area contributed by atoms with Crippen LogP contribution in [0.5, 0.6) is 0 Å². The minimum absolute atomic E-state index is 0.0762. The van der Waals surface area contributed by atoms with E-state index in [0.29, 0.717) is 19.8 Å². The third kappa shape index (κ3) is 3.66. The Bertz CT molecular complexity index is 354. The Hall–Kier alpha value is -0.693. The molecule has 0 spiro atoms. The van der Waals surface area contributed by atoms with Gasteiger partial charge in [-0.1, -0.05) is 6.92 Å². The average Bonchev–Trinajstić information content (AvgIpc) is 2.78. The lowest BCUT2D eigenvalue weighted by atomic mass is 10.3. The lowest BCUT2D eigenvalue weighted by Gasteiger charge is -2.34. The van der Waals surface area contributed by atoms with Gasteiger partial charge in [0.1, 0.15) is 5.82 Å². The molecule has 1 aromatic rings. The number of imidazole rings is 1. The van der Waals surface area contributed by atoms with Crippen molar-refractivity contribution >= 4 is 8.80 Å². The SMILES string of the molecule is CCO[Si](OCC)(OCC)C(CC)c1nccn1C. The van der Waals surface area contributed by atoms with Crippen LogP contribution in [-0.2, 0) is 20.3 Å². The highest BCUT2D eigenvalue weighted by Crippen LogP contribution is 2.31. The molecular weight excluding hydrogens is 260 g/mol. The number of nitrogens with zero attached hydrogens (tertiary/aromatic N) is 2. The zero-order valence-corrected chi connectivity index (χ0v) is 13.7. The van der Waals surface area contributed by atoms with E-state index in [-0.39, 0.29) is 5.54 Å². The van der Waals surface area contributed by atoms with E-state index in [1.165, 1.54) is 0 Å². The van der Waals surface area contributed by atoms with Crippen molar-refractivity contribution in [3.63, 3.8) is 0 Å². The molecule has 0 saturated heterocycles. The van der Waals surface area contributed by atoms with Gasteiger partial charge in [0.25, 0.3) is 0 Å². The highest BCUT2D eigenvalue weighted by Gasteiger charge is 2.50. The van der Waals surface area contributed by atoms with Gasteiger partial charge in [0.05, 0.1) is 5.54 Å². The second-order valence-electron chi connectivity index (χ2n) is 4.26. The first-order chi connectivity index (χ1) is 9.15. The molecule has 0 bridgehead atoms. The highest BCUT2D eigenvalue weighted by atomic mass is 28.4. The van der Waals surface area contributed by atoms with Crippen LogP contribution < -0.4 is 0 Å². The Morgan fingerprint density at radius 2 is 1.63 bits per heavy atom. The predicted molar refractivity (Wildman–Crippen MR) is 76.9 cm³/mol. The Kier molecular flexibility index (Phi) is 6.71. The van der Waals surface area contributed by atoms with E-state index in [1.807, 2.05) is 38.6 Å². The summed E-state index contributed by atoms with van der Waals surface area (Å²) >= 11 is 0. The van der Waals surface area contributed by atoms with Crippen LogP contribution in [0.3, 0.4) is 0 Å². The number of hydrogen-bond donors (Lipinski definition) is 0. The van der Waals surface area contributed by atoms with Gasteiger partial charge in [-0.2, -0.15) is 0 Å². The number of rotatable bonds is 9. The monoisotopic (exact) mass is 286 g/mol. The molecule has 5 nitrogen and oxygen atoms in total. The van der Waals surface area contributed by atoms with E-state index in [2.05, 4.69) is 11.9 Å². The molecule has 0 aromatic carbocycles. The number of aromatic nitrogens is 2. The molecule has 19 heavy (non-hydrogen) atoms. The van der Waals surface area contributed by atoms with Crippen molar-refractivity contribution < 1.29 is 13.3 Å². The first-order valence-electron chi connectivity index (χ1n) is 7.04. The smallest absolute Gasteiger partial charge is 0.373 e. The summed E-state index contributed by atoms with van der Waals surface area (Å²) in [6.45, 7) is 9.83. The van der Waals surface area contributed by atoms with Crippen molar-refractivity contribution in [1.82, 2.24) is 9.55 Å². The summed E-state index contributed by atoms with van der Waals surface area (Å²) < 4.78 is 20.0. The van der Waals surface area contributed by atoms with Crippen molar-refractivity contribution in [1.29, 1.82) is 0 Å². The van der Waals surface area contributed by atoms with Gasteiger partial charge in [0, 0.05) is 39.3 Å². The van der Waals surface area contributed by atoms with Gasteiger partial charge >= 0.3 is 8.80 Å². The third-order valence-electron chi connectivity index (χ3n) is 3.04. The van der Waals surface area contributed by atoms with Gasteiger partial charge in [0.2, 0.25) is 0 Å². The fourth-order valence-electron chi connectivity index (χ4n) is 2.33. The second kappa shape index (κ2) is 7.79. The average molecular weight is 286 g/mol. The van der Waals surface area contributed by atoms with Crippen LogP contribution in [0.25, 0.3) is 0 Å². The molecule has 1 rings (SSSR count). The van der Waals surface area contributed by atoms with Crippen LogP contribution in [-0.4, -0.2) is 38.2 Å². The Morgan fingerprint density at radius 1 is 1.11 bits per heavy atom. The van der Waals surface area contributed by atoms with Crippen molar-refractivity contribution in [2.45, 2.75) is 39.7 Å². The van der Waals surface area contributed by atoms with Gasteiger partial charge in [0.15, 0.2) is 0 Å². The lowest BCUT2D eigenvalue weighted by Crippen LogP contribution is -2.52. The molecular formula is C13H26N2O3Si. The molecule has 0 aliphatic rings. The van der Waals surface area contributed by atoms with Crippen LogP contribution in [0.2, 0.25) is 0 Å². The molecule has 0 fully saturated rings. The van der Waals surface area contributed by atoms with Crippen molar-refractivity contribution in [2.75, 3.05) is 19.8 Å². The summed E-state index contributed by atoms with van der Waals surface area (Å²) in [5.41, 5.74) is 0.0762. The molecule has 110 valence electrons. The molecule has 1 heterocycles. The van der Waals surface area contributed by atoms with Crippen LogP contribution in [0.4, 0.5) is 0 Å². The topological polar surface area (TPSA) is 45.5 Å². The maximum absolute atomic E-state index is 5.98. The summed E-state index contributed by atoms with van der Waals surface area (Å²) in [5.74, 6) is 0.976. The van der Waals surface area contributed by atoms with E-state index in [1.54, 1.807) is 6.20 Å². The normalized spacial score (nSPS) is 13.7. The molecule has 0 aliphatic carbocycles. The predicted octanol–water partition coefficient (Wildman–Crippen LogP) is 2.50. The van der Waals surface area contributed by atoms with Gasteiger partial charge in [-0.15, -0.1) is 0 Å². The van der Waals surface area contributed by atoms with E-state index >= 15 is 0 Å². The van der Waals surface area contributed by atoms with Crippen molar-refractivity contribution in [2.24, 2.45) is 7.05 Å². The standard InChI is InChI=1S/C13H26N2O3Si/c1-6-12(13-14-10-11-15(13)5)19(16-7-2,17-8-3)18-9-4/h10-12H,6-9H2,1-5H3. The summed E-state index contributed by atoms with van der Waals surface area (Å²) in [6.07, 6.45) is 4.64. The van der Waals surface area contributed by atoms with Crippen LogP contribution in [0, 0.1) is 0 Å². The molecule has 0 radical (unpaired) electrons. The molecule has 6 heteroatoms. The van der Waals surface area contributed by atoms with Crippen molar-refractivity contribution in [3.8, 4) is 0 Å². The number of aryl methyl sites for hydroxylation is 1. The quantitative estimate of drug-likeness (QED) is 0.654. The highest BCUT2D eigenvalue weighted by molar-refractivity contribution is 6.62. The minimum atomic E-state index is -2.74. The summed E-state index contributed by atoms with van der Waals surface area (Å²) in [7, 11) is -0.750. The maximum atomic E-state index is 5.98. The molecule has 0 aliphatic heterocycles. The van der Waals surface area contributed by atoms with Gasteiger partial charge in [-0.25, -0.2) is 4.98 Å².